The van der Waals surface area contributed by atoms with E-state index in [9.17, 15) is 14.4 Å². The van der Waals surface area contributed by atoms with E-state index in [0.717, 1.165) is 4.90 Å². The second kappa shape index (κ2) is 6.07. The Bertz CT molecular complexity index is 958. The molecule has 0 bridgehead atoms. The van der Waals surface area contributed by atoms with Gasteiger partial charge in [0.15, 0.2) is 5.78 Å². The van der Waals surface area contributed by atoms with Crippen LogP contribution in [-0.2, 0) is 14.4 Å². The van der Waals surface area contributed by atoms with Crippen molar-refractivity contribution < 1.29 is 14.4 Å². The van der Waals surface area contributed by atoms with E-state index in [1.54, 1.807) is 54.6 Å². The molecule has 1 saturated heterocycles. The van der Waals surface area contributed by atoms with E-state index in [2.05, 4.69) is 5.10 Å². The molecule has 0 saturated carbocycles. The Labute approximate surface area is 154 Å². The molecule has 7 heteroatoms. The van der Waals surface area contributed by atoms with Crippen molar-refractivity contribution in [3.63, 3.8) is 0 Å². The van der Waals surface area contributed by atoms with Gasteiger partial charge in [-0.25, -0.2) is 9.91 Å². The fraction of sp³-hybridized carbons (Fsp3) is 0.158. The summed E-state index contributed by atoms with van der Waals surface area (Å²) in [6.45, 7) is 1.34. The van der Waals surface area contributed by atoms with Crippen molar-refractivity contribution in [2.24, 2.45) is 11.0 Å². The minimum absolute atomic E-state index is 0.0756. The molecule has 1 fully saturated rings. The van der Waals surface area contributed by atoms with Gasteiger partial charge >= 0.3 is 0 Å². The highest BCUT2D eigenvalue weighted by atomic mass is 35.5. The fourth-order valence-corrected chi connectivity index (χ4v) is 3.59. The van der Waals surface area contributed by atoms with Gasteiger partial charge in [-0.3, -0.25) is 14.4 Å². The van der Waals surface area contributed by atoms with Gasteiger partial charge in [0.05, 0.1) is 16.4 Å². The molecule has 6 nitrogen and oxygen atoms in total. The van der Waals surface area contributed by atoms with Crippen LogP contribution in [0.5, 0.6) is 0 Å². The minimum atomic E-state index is -0.934. The zero-order chi connectivity index (χ0) is 18.4. The highest BCUT2D eigenvalue weighted by Crippen LogP contribution is 2.39. The fourth-order valence-electron chi connectivity index (χ4n) is 3.37. The van der Waals surface area contributed by atoms with Gasteiger partial charge in [0, 0.05) is 6.92 Å². The lowest BCUT2D eigenvalue weighted by Gasteiger charge is -2.22. The highest BCUT2D eigenvalue weighted by Gasteiger charge is 2.58. The predicted octanol–water partition coefficient (Wildman–Crippen LogP) is 2.66. The predicted molar refractivity (Wildman–Crippen MR) is 98.3 cm³/mol. The third-order valence-electron chi connectivity index (χ3n) is 4.52. The van der Waals surface area contributed by atoms with Crippen molar-refractivity contribution in [3.05, 3.63) is 59.6 Å². The van der Waals surface area contributed by atoms with E-state index in [1.165, 1.54) is 11.9 Å². The Balaban J connectivity index is 1.83. The first-order valence-electron chi connectivity index (χ1n) is 8.06. The van der Waals surface area contributed by atoms with E-state index >= 15 is 0 Å². The van der Waals surface area contributed by atoms with Crippen molar-refractivity contribution in [3.8, 4) is 0 Å². The summed E-state index contributed by atoms with van der Waals surface area (Å²) in [6.07, 6.45) is 0. The van der Waals surface area contributed by atoms with Crippen LogP contribution in [0.1, 0.15) is 6.92 Å². The average Bonchev–Trinajstić information content (AvgIpc) is 3.14. The summed E-state index contributed by atoms with van der Waals surface area (Å²) in [6, 6.07) is 14.6. The van der Waals surface area contributed by atoms with Gasteiger partial charge in [-0.05, 0) is 24.3 Å². The van der Waals surface area contributed by atoms with Crippen LogP contribution in [0.4, 0.5) is 11.4 Å². The number of Topliss-reactive ketones (excluding diaryl/α,β-unsaturated/α-hetero) is 1. The maximum Gasteiger partial charge on any atom is 0.259 e. The van der Waals surface area contributed by atoms with Crippen molar-refractivity contribution in [2.75, 3.05) is 9.91 Å². The number of hydrogen-bond acceptors (Lipinski definition) is 5. The van der Waals surface area contributed by atoms with Crippen LogP contribution >= 0.6 is 11.6 Å². The first kappa shape index (κ1) is 16.5. The molecule has 2 aliphatic heterocycles. The van der Waals surface area contributed by atoms with Gasteiger partial charge < -0.3 is 0 Å². The molecule has 2 aliphatic rings. The zero-order valence-corrected chi connectivity index (χ0v) is 14.6. The van der Waals surface area contributed by atoms with Gasteiger partial charge in [-0.15, -0.1) is 0 Å². The molecule has 2 unspecified atom stereocenters. The lowest BCUT2D eigenvalue weighted by atomic mass is 9.95. The van der Waals surface area contributed by atoms with Crippen LogP contribution in [0, 0.1) is 5.92 Å². The first-order valence-corrected chi connectivity index (χ1v) is 8.44. The summed E-state index contributed by atoms with van der Waals surface area (Å²) < 4.78 is 0. The van der Waals surface area contributed by atoms with E-state index in [1.807, 2.05) is 0 Å². The van der Waals surface area contributed by atoms with Crippen molar-refractivity contribution in [1.29, 1.82) is 0 Å². The molecule has 0 radical (unpaired) electrons. The molecule has 130 valence electrons. The number of amides is 2. The molecule has 2 atom stereocenters. The quantitative estimate of drug-likeness (QED) is 0.782. The summed E-state index contributed by atoms with van der Waals surface area (Å²) in [7, 11) is 0. The smallest absolute Gasteiger partial charge is 0.259 e. The highest BCUT2D eigenvalue weighted by molar-refractivity contribution is 6.49. The van der Waals surface area contributed by atoms with Gasteiger partial charge in [-0.2, -0.15) is 5.10 Å². The number of para-hydroxylation sites is 2. The van der Waals surface area contributed by atoms with Gasteiger partial charge in [0.1, 0.15) is 17.7 Å². The third kappa shape index (κ3) is 2.34. The van der Waals surface area contributed by atoms with Gasteiger partial charge in [0.25, 0.3) is 5.91 Å². The number of ketones is 1. The maximum absolute atomic E-state index is 13.1. The molecule has 2 amide bonds. The van der Waals surface area contributed by atoms with Crippen molar-refractivity contribution in [1.82, 2.24) is 0 Å². The van der Waals surface area contributed by atoms with Crippen LogP contribution in [0.15, 0.2) is 59.7 Å². The number of carbonyl (C=O) groups is 3. The monoisotopic (exact) mass is 367 g/mol. The molecule has 2 aromatic rings. The number of benzene rings is 2. The Morgan fingerprint density at radius 3 is 2.31 bits per heavy atom. The van der Waals surface area contributed by atoms with E-state index in [-0.39, 0.29) is 11.5 Å². The lowest BCUT2D eigenvalue weighted by molar-refractivity contribution is -0.122. The Hall–Kier alpha value is -2.99. The molecular weight excluding hydrogens is 354 g/mol. The van der Waals surface area contributed by atoms with Crippen molar-refractivity contribution >= 4 is 46.3 Å². The minimum Gasteiger partial charge on any atom is -0.293 e. The normalized spacial score (nSPS) is 21.8. The topological polar surface area (TPSA) is 70.1 Å². The summed E-state index contributed by atoms with van der Waals surface area (Å²) in [5.41, 5.74) is 1.03. The number of halogens is 1. The Morgan fingerprint density at radius 2 is 1.65 bits per heavy atom. The standard InChI is InChI=1S/C19H14ClN3O3/c1-11(24)16-15-17(23(21-16)14-10-6-5-9-13(14)20)19(26)22(18(15)25)12-7-3-2-4-8-12/h2-10,15,17H,1H3. The second-order valence-electron chi connectivity index (χ2n) is 6.11. The van der Waals surface area contributed by atoms with Gasteiger partial charge in [-0.1, -0.05) is 41.9 Å². The number of anilines is 2. The number of fused-ring (bicyclic) bond motifs is 1. The molecule has 2 aromatic carbocycles. The Kier molecular flexibility index (Phi) is 3.85. The van der Waals surface area contributed by atoms with Gasteiger partial charge in [0.2, 0.25) is 5.91 Å². The number of hydrazone groups is 1. The molecule has 4 rings (SSSR count). The molecule has 0 spiro atoms. The third-order valence-corrected chi connectivity index (χ3v) is 4.84. The number of rotatable bonds is 3. The summed E-state index contributed by atoms with van der Waals surface area (Å²) in [5, 5.41) is 6.06. The SMILES string of the molecule is CC(=O)C1=NN(c2ccccc2Cl)C2C(=O)N(c3ccccc3)C(=O)C12. The molecule has 0 aliphatic carbocycles. The molecule has 0 N–H and O–H groups in total. The molecule has 0 aromatic heterocycles. The summed E-state index contributed by atoms with van der Waals surface area (Å²) >= 11 is 6.25. The van der Waals surface area contributed by atoms with Crippen molar-refractivity contribution in [2.45, 2.75) is 13.0 Å². The van der Waals surface area contributed by atoms with Crippen LogP contribution < -0.4 is 9.91 Å². The average molecular weight is 368 g/mol. The second-order valence-corrected chi connectivity index (χ2v) is 6.51. The van der Waals surface area contributed by atoms with E-state index in [4.69, 9.17) is 11.6 Å². The number of imide groups is 1. The zero-order valence-electron chi connectivity index (χ0n) is 13.8. The maximum atomic E-state index is 13.1. The molecular formula is C19H14ClN3O3. The van der Waals surface area contributed by atoms with Crippen LogP contribution in [-0.4, -0.2) is 29.4 Å². The summed E-state index contributed by atoms with van der Waals surface area (Å²) in [5.74, 6) is -2.15. The van der Waals surface area contributed by atoms with E-state index in [0.29, 0.717) is 16.4 Å². The molecule has 26 heavy (non-hydrogen) atoms. The number of hydrogen-bond donors (Lipinski definition) is 0. The number of nitrogens with zero attached hydrogens (tertiary/aromatic N) is 3. The van der Waals surface area contributed by atoms with Crippen LogP contribution in [0.3, 0.4) is 0 Å². The number of carbonyl (C=O) groups excluding carboxylic acids is 3. The lowest BCUT2D eigenvalue weighted by Crippen LogP contribution is -2.39. The first-order chi connectivity index (χ1) is 12.5. The van der Waals surface area contributed by atoms with E-state index < -0.39 is 23.8 Å². The molecule has 2 heterocycles. The van der Waals surface area contributed by atoms with Crippen LogP contribution in [0.25, 0.3) is 0 Å². The summed E-state index contributed by atoms with van der Waals surface area (Å²) in [4.78, 5) is 39.3. The van der Waals surface area contributed by atoms with Crippen LogP contribution in [0.2, 0.25) is 5.02 Å². The Morgan fingerprint density at radius 1 is 1.00 bits per heavy atom. The largest absolute Gasteiger partial charge is 0.293 e.